The molecule has 1 aromatic carbocycles. The van der Waals surface area contributed by atoms with Crippen molar-refractivity contribution >= 4 is 23.5 Å². The third-order valence-corrected chi connectivity index (χ3v) is 3.97. The highest BCUT2D eigenvalue weighted by atomic mass is 35.5. The van der Waals surface area contributed by atoms with Crippen molar-refractivity contribution in [2.75, 3.05) is 20.7 Å². The number of hydrogen-bond acceptors (Lipinski definition) is 4. The number of rotatable bonds is 8. The largest absolute Gasteiger partial charge is 0.467 e. The molecule has 1 rings (SSSR count). The number of nitrogens with zero attached hydrogens (tertiary/aromatic N) is 1. The first-order valence-electron chi connectivity index (χ1n) is 7.67. The molecular weight excluding hydrogens is 316 g/mol. The Balaban J connectivity index is 2.58. The van der Waals surface area contributed by atoms with Gasteiger partial charge < -0.3 is 10.1 Å². The van der Waals surface area contributed by atoms with E-state index in [1.54, 1.807) is 0 Å². The van der Waals surface area contributed by atoms with Crippen molar-refractivity contribution in [1.29, 1.82) is 0 Å². The number of halogens is 1. The van der Waals surface area contributed by atoms with E-state index in [9.17, 15) is 9.59 Å². The summed E-state index contributed by atoms with van der Waals surface area (Å²) < 4.78 is 4.77. The average molecular weight is 341 g/mol. The maximum absolute atomic E-state index is 12.2. The van der Waals surface area contributed by atoms with Crippen LogP contribution in [0.3, 0.4) is 0 Å². The van der Waals surface area contributed by atoms with Gasteiger partial charge in [-0.1, -0.05) is 44.0 Å². The van der Waals surface area contributed by atoms with Crippen molar-refractivity contribution in [2.24, 2.45) is 5.92 Å². The van der Waals surface area contributed by atoms with Crippen molar-refractivity contribution < 1.29 is 14.3 Å². The van der Waals surface area contributed by atoms with Crippen LogP contribution in [0.4, 0.5) is 0 Å². The predicted octanol–water partition coefficient (Wildman–Crippen LogP) is 2.48. The summed E-state index contributed by atoms with van der Waals surface area (Å²) in [7, 11) is 3.17. The summed E-state index contributed by atoms with van der Waals surface area (Å²) in [6, 6.07) is 6.90. The SMILES string of the molecule is CCC(C)C(NC(=O)CN(C)Cc1cccc(Cl)c1)C(=O)OC. The Labute approximate surface area is 142 Å². The fraction of sp³-hybridized carbons (Fsp3) is 0.529. The van der Waals surface area contributed by atoms with Crippen LogP contribution in [0.25, 0.3) is 0 Å². The number of benzene rings is 1. The summed E-state index contributed by atoms with van der Waals surface area (Å²) >= 11 is 5.96. The molecule has 5 nitrogen and oxygen atoms in total. The number of amides is 1. The van der Waals surface area contributed by atoms with E-state index in [0.717, 1.165) is 12.0 Å². The van der Waals surface area contributed by atoms with E-state index in [4.69, 9.17) is 16.3 Å². The van der Waals surface area contributed by atoms with E-state index in [1.165, 1.54) is 7.11 Å². The van der Waals surface area contributed by atoms with Crippen LogP contribution in [-0.4, -0.2) is 43.5 Å². The summed E-state index contributed by atoms with van der Waals surface area (Å²) in [6.45, 7) is 4.67. The molecule has 0 fully saturated rings. The molecule has 0 aliphatic heterocycles. The molecule has 0 radical (unpaired) electrons. The molecular formula is C17H25ClN2O3. The Morgan fingerprint density at radius 1 is 1.39 bits per heavy atom. The quantitative estimate of drug-likeness (QED) is 0.739. The molecule has 0 bridgehead atoms. The molecule has 0 saturated carbocycles. The van der Waals surface area contributed by atoms with Gasteiger partial charge in [-0.2, -0.15) is 0 Å². The molecule has 1 aromatic rings. The van der Waals surface area contributed by atoms with Crippen LogP contribution in [0.5, 0.6) is 0 Å². The molecule has 0 aliphatic carbocycles. The van der Waals surface area contributed by atoms with E-state index in [2.05, 4.69) is 5.32 Å². The second kappa shape index (κ2) is 9.53. The molecule has 6 heteroatoms. The molecule has 1 N–H and O–H groups in total. The maximum atomic E-state index is 12.2. The topological polar surface area (TPSA) is 58.6 Å². The second-order valence-corrected chi connectivity index (χ2v) is 6.19. The smallest absolute Gasteiger partial charge is 0.328 e. The van der Waals surface area contributed by atoms with Gasteiger partial charge in [0, 0.05) is 11.6 Å². The van der Waals surface area contributed by atoms with Crippen LogP contribution in [0, 0.1) is 5.92 Å². The summed E-state index contributed by atoms with van der Waals surface area (Å²) in [5, 5.41) is 3.43. The molecule has 0 aliphatic rings. The number of nitrogens with one attached hydrogen (secondary N) is 1. The van der Waals surface area contributed by atoms with Gasteiger partial charge in [0.05, 0.1) is 13.7 Å². The monoisotopic (exact) mass is 340 g/mol. The standard InChI is InChI=1S/C17H25ClN2O3/c1-5-12(2)16(17(22)23-4)19-15(21)11-20(3)10-13-7-6-8-14(18)9-13/h6-9,12,16H,5,10-11H2,1-4H3,(H,19,21). The van der Waals surface area contributed by atoms with E-state index in [1.807, 2.05) is 50.1 Å². The second-order valence-electron chi connectivity index (χ2n) is 5.76. The lowest BCUT2D eigenvalue weighted by atomic mass is 9.99. The van der Waals surface area contributed by atoms with Gasteiger partial charge in [0.2, 0.25) is 5.91 Å². The average Bonchev–Trinajstić information content (AvgIpc) is 2.50. The molecule has 2 atom stereocenters. The van der Waals surface area contributed by atoms with Crippen molar-refractivity contribution in [3.05, 3.63) is 34.9 Å². The lowest BCUT2D eigenvalue weighted by Gasteiger charge is -2.23. The first-order valence-corrected chi connectivity index (χ1v) is 8.05. The number of ether oxygens (including phenoxy) is 1. The zero-order chi connectivity index (χ0) is 17.4. The highest BCUT2D eigenvalue weighted by molar-refractivity contribution is 6.30. The van der Waals surface area contributed by atoms with Gasteiger partial charge in [0.15, 0.2) is 0 Å². The minimum atomic E-state index is -0.614. The van der Waals surface area contributed by atoms with Crippen molar-refractivity contribution in [3.8, 4) is 0 Å². The number of hydrogen-bond donors (Lipinski definition) is 1. The van der Waals surface area contributed by atoms with Gasteiger partial charge in [-0.25, -0.2) is 4.79 Å². The molecule has 0 heterocycles. The van der Waals surface area contributed by atoms with Gasteiger partial charge in [0.1, 0.15) is 6.04 Å². The summed E-state index contributed by atoms with van der Waals surface area (Å²) in [5.74, 6) is -0.597. The lowest BCUT2D eigenvalue weighted by molar-refractivity contribution is -0.146. The van der Waals surface area contributed by atoms with Crippen molar-refractivity contribution in [2.45, 2.75) is 32.9 Å². The van der Waals surface area contributed by atoms with Crippen LogP contribution in [-0.2, 0) is 20.9 Å². The molecule has 1 amide bonds. The van der Waals surface area contributed by atoms with E-state index in [0.29, 0.717) is 11.6 Å². The summed E-state index contributed by atoms with van der Waals surface area (Å²) in [4.78, 5) is 25.8. The highest BCUT2D eigenvalue weighted by Gasteiger charge is 2.26. The molecule has 23 heavy (non-hydrogen) atoms. The van der Waals surface area contributed by atoms with E-state index < -0.39 is 12.0 Å². The van der Waals surface area contributed by atoms with Crippen LogP contribution in [0.1, 0.15) is 25.8 Å². The van der Waals surface area contributed by atoms with E-state index >= 15 is 0 Å². The number of likely N-dealkylation sites (N-methyl/N-ethyl adjacent to an activating group) is 1. The molecule has 0 spiro atoms. The fourth-order valence-electron chi connectivity index (χ4n) is 2.26. The number of carbonyl (C=O) groups excluding carboxylic acids is 2. The summed E-state index contributed by atoms with van der Waals surface area (Å²) in [6.07, 6.45) is 0.776. The van der Waals surface area contributed by atoms with E-state index in [-0.39, 0.29) is 18.4 Å². The van der Waals surface area contributed by atoms with Crippen LogP contribution < -0.4 is 5.32 Å². The Hall–Kier alpha value is -1.59. The van der Waals surface area contributed by atoms with Crippen LogP contribution in [0.15, 0.2) is 24.3 Å². The third kappa shape index (κ3) is 6.59. The predicted molar refractivity (Wildman–Crippen MR) is 91.2 cm³/mol. The molecule has 0 saturated heterocycles. The fourth-order valence-corrected chi connectivity index (χ4v) is 2.48. The summed E-state index contributed by atoms with van der Waals surface area (Å²) in [5.41, 5.74) is 1.03. The highest BCUT2D eigenvalue weighted by Crippen LogP contribution is 2.12. The zero-order valence-electron chi connectivity index (χ0n) is 14.1. The Bertz CT molecular complexity index is 536. The van der Waals surface area contributed by atoms with Gasteiger partial charge in [-0.15, -0.1) is 0 Å². The normalized spacial score (nSPS) is 13.5. The molecule has 128 valence electrons. The first-order chi connectivity index (χ1) is 10.9. The van der Waals surface area contributed by atoms with Gasteiger partial charge in [-0.05, 0) is 30.7 Å². The lowest BCUT2D eigenvalue weighted by Crippen LogP contribution is -2.48. The Morgan fingerprint density at radius 3 is 2.65 bits per heavy atom. The van der Waals surface area contributed by atoms with Gasteiger partial charge >= 0.3 is 5.97 Å². The Morgan fingerprint density at radius 2 is 2.09 bits per heavy atom. The third-order valence-electron chi connectivity index (χ3n) is 3.74. The first kappa shape index (κ1) is 19.5. The zero-order valence-corrected chi connectivity index (χ0v) is 14.9. The number of esters is 1. The van der Waals surface area contributed by atoms with Crippen LogP contribution >= 0.6 is 11.6 Å². The number of carbonyl (C=O) groups is 2. The minimum Gasteiger partial charge on any atom is -0.467 e. The van der Waals surface area contributed by atoms with Crippen LogP contribution in [0.2, 0.25) is 5.02 Å². The molecule has 0 aromatic heterocycles. The minimum absolute atomic E-state index is 0.0182. The maximum Gasteiger partial charge on any atom is 0.328 e. The Kier molecular flexibility index (Phi) is 8.06. The van der Waals surface area contributed by atoms with Gasteiger partial charge in [-0.3, -0.25) is 9.69 Å². The van der Waals surface area contributed by atoms with Crippen molar-refractivity contribution in [1.82, 2.24) is 10.2 Å². The molecule has 2 unspecified atom stereocenters. The van der Waals surface area contributed by atoms with Gasteiger partial charge in [0.25, 0.3) is 0 Å². The van der Waals surface area contributed by atoms with Crippen molar-refractivity contribution in [3.63, 3.8) is 0 Å². The number of methoxy groups -OCH3 is 1.